The van der Waals surface area contributed by atoms with Crippen molar-refractivity contribution in [2.75, 3.05) is 18.4 Å². The molecule has 0 atom stereocenters. The molecule has 0 aliphatic heterocycles. The molecule has 1 aromatic heterocycles. The largest absolute Gasteiger partial charge is 0.441 e. The molecule has 3 N–H and O–H groups in total. The molecular weight excluding hydrogens is 195 g/mol. The van der Waals surface area contributed by atoms with Gasteiger partial charge in [0, 0.05) is 18.0 Å². The number of halogens is 1. The minimum absolute atomic E-state index is 0.253. The van der Waals surface area contributed by atoms with Gasteiger partial charge < -0.3 is 15.5 Å². The lowest BCUT2D eigenvalue weighted by atomic mass is 10.2. The van der Waals surface area contributed by atoms with Gasteiger partial charge in [0.05, 0.1) is 0 Å². The van der Waals surface area contributed by atoms with Crippen molar-refractivity contribution in [3.63, 3.8) is 0 Å². The minimum Gasteiger partial charge on any atom is -0.441 e. The van der Waals surface area contributed by atoms with Crippen molar-refractivity contribution >= 4 is 16.9 Å². The molecule has 0 saturated heterocycles. The Morgan fingerprint density at radius 3 is 3.00 bits per heavy atom. The first-order chi connectivity index (χ1) is 7.29. The zero-order chi connectivity index (χ0) is 10.7. The second-order valence-electron chi connectivity index (χ2n) is 3.36. The highest BCUT2D eigenvalue weighted by Crippen LogP contribution is 2.23. The zero-order valence-electron chi connectivity index (χ0n) is 8.29. The number of furan rings is 1. The highest BCUT2D eigenvalue weighted by atomic mass is 19.1. The number of rotatable bonds is 4. The summed E-state index contributed by atoms with van der Waals surface area (Å²) in [6.45, 7) is 1.40. The van der Waals surface area contributed by atoms with Crippen molar-refractivity contribution in [2.24, 2.45) is 5.73 Å². The number of benzene rings is 1. The molecule has 0 aliphatic carbocycles. The lowest BCUT2D eigenvalue weighted by Crippen LogP contribution is -2.07. The zero-order valence-corrected chi connectivity index (χ0v) is 8.29. The number of fused-ring (bicyclic) bond motifs is 1. The normalized spacial score (nSPS) is 10.8. The van der Waals surface area contributed by atoms with Gasteiger partial charge in [-0.1, -0.05) is 0 Å². The molecule has 2 rings (SSSR count). The Hall–Kier alpha value is -1.55. The Balaban J connectivity index is 2.16. The first-order valence-corrected chi connectivity index (χ1v) is 4.92. The summed E-state index contributed by atoms with van der Waals surface area (Å²) in [5.74, 6) is 0.404. The molecule has 0 bridgehead atoms. The van der Waals surface area contributed by atoms with E-state index in [0.717, 1.165) is 18.4 Å². The molecular formula is C11H13FN2O. The Kier molecular flexibility index (Phi) is 2.87. The molecule has 0 unspecified atom stereocenters. The topological polar surface area (TPSA) is 51.2 Å². The summed E-state index contributed by atoms with van der Waals surface area (Å²) in [5, 5.41) is 3.85. The number of nitrogens with two attached hydrogens (primary N) is 1. The van der Waals surface area contributed by atoms with Crippen molar-refractivity contribution in [2.45, 2.75) is 6.42 Å². The van der Waals surface area contributed by atoms with Crippen LogP contribution in [0.2, 0.25) is 0 Å². The van der Waals surface area contributed by atoms with Crippen LogP contribution in [0.25, 0.3) is 11.0 Å². The molecule has 0 radical (unpaired) electrons. The number of hydrogen-bond donors (Lipinski definition) is 2. The van der Waals surface area contributed by atoms with E-state index < -0.39 is 0 Å². The number of anilines is 1. The molecule has 0 aliphatic rings. The van der Waals surface area contributed by atoms with Crippen LogP contribution >= 0.6 is 0 Å². The van der Waals surface area contributed by atoms with Crippen LogP contribution in [0.5, 0.6) is 0 Å². The third-order valence-corrected chi connectivity index (χ3v) is 2.16. The summed E-state index contributed by atoms with van der Waals surface area (Å²) in [4.78, 5) is 0. The van der Waals surface area contributed by atoms with Gasteiger partial charge in [-0.15, -0.1) is 0 Å². The predicted molar refractivity (Wildman–Crippen MR) is 58.3 cm³/mol. The van der Waals surface area contributed by atoms with Crippen LogP contribution in [0.4, 0.5) is 10.3 Å². The lowest BCUT2D eigenvalue weighted by Gasteiger charge is -1.98. The molecule has 4 heteroatoms. The van der Waals surface area contributed by atoms with Crippen LogP contribution < -0.4 is 11.1 Å². The van der Waals surface area contributed by atoms with E-state index in [1.165, 1.54) is 12.1 Å². The fraction of sp³-hybridized carbons (Fsp3) is 0.273. The molecule has 15 heavy (non-hydrogen) atoms. The van der Waals surface area contributed by atoms with Crippen molar-refractivity contribution in [3.05, 3.63) is 30.1 Å². The van der Waals surface area contributed by atoms with E-state index in [1.54, 1.807) is 12.1 Å². The first-order valence-electron chi connectivity index (χ1n) is 4.92. The monoisotopic (exact) mass is 208 g/mol. The Labute approximate surface area is 87.1 Å². The third-order valence-electron chi connectivity index (χ3n) is 2.16. The summed E-state index contributed by atoms with van der Waals surface area (Å²) < 4.78 is 18.3. The van der Waals surface area contributed by atoms with E-state index in [1.807, 2.05) is 0 Å². The van der Waals surface area contributed by atoms with Crippen LogP contribution in [0, 0.1) is 5.82 Å². The van der Waals surface area contributed by atoms with Gasteiger partial charge in [0.15, 0.2) is 5.88 Å². The van der Waals surface area contributed by atoms with Crippen LogP contribution in [0.15, 0.2) is 28.7 Å². The van der Waals surface area contributed by atoms with Gasteiger partial charge in [-0.05, 0) is 31.2 Å². The Morgan fingerprint density at radius 2 is 2.20 bits per heavy atom. The predicted octanol–water partition coefficient (Wildman–Crippen LogP) is 2.33. The standard InChI is InChI=1S/C11H13FN2O/c12-9-2-3-10-8(6-9)7-11(15-10)14-5-1-4-13/h2-3,6-7,14H,1,4-5,13H2. The van der Waals surface area contributed by atoms with E-state index >= 15 is 0 Å². The third kappa shape index (κ3) is 2.27. The summed E-state index contributed by atoms with van der Waals surface area (Å²) >= 11 is 0. The molecule has 2 aromatic rings. The van der Waals surface area contributed by atoms with Crippen molar-refractivity contribution in [3.8, 4) is 0 Å². The molecule has 3 nitrogen and oxygen atoms in total. The van der Waals surface area contributed by atoms with Gasteiger partial charge in [-0.2, -0.15) is 0 Å². The maximum Gasteiger partial charge on any atom is 0.194 e. The maximum absolute atomic E-state index is 12.9. The number of nitrogens with one attached hydrogen (secondary N) is 1. The van der Waals surface area contributed by atoms with Crippen LogP contribution in [0.3, 0.4) is 0 Å². The molecule has 0 fully saturated rings. The number of hydrogen-bond acceptors (Lipinski definition) is 3. The van der Waals surface area contributed by atoms with Crippen LogP contribution in [-0.2, 0) is 0 Å². The summed E-state index contributed by atoms with van der Waals surface area (Å²) in [6.07, 6.45) is 0.880. The highest BCUT2D eigenvalue weighted by Gasteiger charge is 2.03. The fourth-order valence-electron chi connectivity index (χ4n) is 1.41. The van der Waals surface area contributed by atoms with Gasteiger partial charge in [0.1, 0.15) is 11.4 Å². The Bertz CT molecular complexity index is 453. The van der Waals surface area contributed by atoms with E-state index in [4.69, 9.17) is 10.2 Å². The van der Waals surface area contributed by atoms with Gasteiger partial charge in [0.2, 0.25) is 0 Å². The van der Waals surface area contributed by atoms with Crippen LogP contribution in [0.1, 0.15) is 6.42 Å². The average molecular weight is 208 g/mol. The van der Waals surface area contributed by atoms with Gasteiger partial charge in [-0.3, -0.25) is 0 Å². The first kappa shape index (κ1) is 9.98. The lowest BCUT2D eigenvalue weighted by molar-refractivity contribution is 0.615. The molecule has 0 saturated carbocycles. The van der Waals surface area contributed by atoms with Crippen LogP contribution in [-0.4, -0.2) is 13.1 Å². The summed E-state index contributed by atoms with van der Waals surface area (Å²) in [5.41, 5.74) is 6.05. The Morgan fingerprint density at radius 1 is 1.33 bits per heavy atom. The fourth-order valence-corrected chi connectivity index (χ4v) is 1.41. The second-order valence-corrected chi connectivity index (χ2v) is 3.36. The molecule has 1 aromatic carbocycles. The van der Waals surface area contributed by atoms with Crippen molar-refractivity contribution in [1.29, 1.82) is 0 Å². The van der Waals surface area contributed by atoms with Gasteiger partial charge in [0.25, 0.3) is 0 Å². The highest BCUT2D eigenvalue weighted by molar-refractivity contribution is 5.80. The second kappa shape index (κ2) is 4.31. The smallest absolute Gasteiger partial charge is 0.194 e. The summed E-state index contributed by atoms with van der Waals surface area (Å²) in [6, 6.07) is 6.25. The average Bonchev–Trinajstić information content (AvgIpc) is 2.60. The maximum atomic E-state index is 12.9. The molecule has 80 valence electrons. The van der Waals surface area contributed by atoms with Crippen molar-refractivity contribution in [1.82, 2.24) is 0 Å². The summed E-state index contributed by atoms with van der Waals surface area (Å²) in [7, 11) is 0. The molecule has 0 spiro atoms. The minimum atomic E-state index is -0.253. The van der Waals surface area contributed by atoms with Gasteiger partial charge in [-0.25, -0.2) is 4.39 Å². The van der Waals surface area contributed by atoms with Crippen molar-refractivity contribution < 1.29 is 8.81 Å². The van der Waals surface area contributed by atoms with E-state index in [0.29, 0.717) is 18.0 Å². The van der Waals surface area contributed by atoms with Gasteiger partial charge >= 0.3 is 0 Å². The molecule has 1 heterocycles. The molecule has 0 amide bonds. The van der Waals surface area contributed by atoms with E-state index in [-0.39, 0.29) is 5.82 Å². The quantitative estimate of drug-likeness (QED) is 0.758. The SMILES string of the molecule is NCCCNc1cc2cc(F)ccc2o1. The van der Waals surface area contributed by atoms with E-state index in [2.05, 4.69) is 5.32 Å². The van der Waals surface area contributed by atoms with E-state index in [9.17, 15) is 4.39 Å².